The molecule has 5 nitrogen and oxygen atoms in total. The molecule has 11 heteroatoms. The van der Waals surface area contributed by atoms with Crippen molar-refractivity contribution in [1.82, 2.24) is 5.32 Å². The second-order valence-corrected chi connectivity index (χ2v) is 8.15. The summed E-state index contributed by atoms with van der Waals surface area (Å²) in [7, 11) is 0. The molecular weight excluding hydrogens is 430 g/mol. The summed E-state index contributed by atoms with van der Waals surface area (Å²) >= 11 is 0. The Morgan fingerprint density at radius 3 is 2.16 bits per heavy atom. The van der Waals surface area contributed by atoms with Crippen LogP contribution in [0.4, 0.5) is 31.1 Å². The molecule has 0 aliphatic carbocycles. The molecule has 1 N–H and O–H groups in total. The van der Waals surface area contributed by atoms with Gasteiger partial charge in [-0.25, -0.2) is 4.79 Å². The molecule has 1 aromatic rings. The van der Waals surface area contributed by atoms with Gasteiger partial charge in [-0.2, -0.15) is 13.2 Å². The number of rotatable bonds is 4. The van der Waals surface area contributed by atoms with Crippen LogP contribution in [0.25, 0.3) is 0 Å². The van der Waals surface area contributed by atoms with E-state index in [-0.39, 0.29) is 18.5 Å². The van der Waals surface area contributed by atoms with Crippen LogP contribution in [0.15, 0.2) is 40.6 Å². The standard InChI is InChI=1S/C20H22F6N2O3/c1-17(2,3)31-16(29)27-10-12-9-18(4,28-11-15(12)30-20(24,25)26)13-5-7-14(8-6-13)19(21,22)23/h5-8,11H,9-10H2,1-4H3,(H,27,29). The van der Waals surface area contributed by atoms with E-state index in [0.29, 0.717) is 5.56 Å². The summed E-state index contributed by atoms with van der Waals surface area (Å²) < 4.78 is 85.8. The molecule has 0 saturated carbocycles. The van der Waals surface area contributed by atoms with Gasteiger partial charge in [-0.15, -0.1) is 13.2 Å². The molecule has 2 rings (SSSR count). The van der Waals surface area contributed by atoms with Gasteiger partial charge in [0.1, 0.15) is 11.4 Å². The minimum atomic E-state index is -4.99. The number of carbonyl (C=O) groups is 1. The Hall–Kier alpha value is -2.72. The summed E-state index contributed by atoms with van der Waals surface area (Å²) in [5.74, 6) is -0.590. The second kappa shape index (κ2) is 8.43. The van der Waals surface area contributed by atoms with Crippen LogP contribution in [0.1, 0.15) is 45.2 Å². The van der Waals surface area contributed by atoms with Crippen LogP contribution in [0.5, 0.6) is 0 Å². The summed E-state index contributed by atoms with van der Waals surface area (Å²) in [4.78, 5) is 16.0. The Balaban J connectivity index is 2.27. The lowest BCUT2D eigenvalue weighted by atomic mass is 9.83. The lowest BCUT2D eigenvalue weighted by Gasteiger charge is -2.32. The first-order valence-corrected chi connectivity index (χ1v) is 9.16. The monoisotopic (exact) mass is 452 g/mol. The van der Waals surface area contributed by atoms with Gasteiger partial charge in [0.15, 0.2) is 0 Å². The molecule has 0 bridgehead atoms. The highest BCUT2D eigenvalue weighted by atomic mass is 19.4. The number of dihydropyridines is 1. The first-order chi connectivity index (χ1) is 14.0. The molecular formula is C20H22F6N2O3. The van der Waals surface area contributed by atoms with Gasteiger partial charge in [0, 0.05) is 13.0 Å². The third kappa shape index (κ3) is 7.18. The molecule has 0 saturated heterocycles. The highest BCUT2D eigenvalue weighted by Gasteiger charge is 2.38. The van der Waals surface area contributed by atoms with E-state index >= 15 is 0 Å². The number of hydrogen-bond acceptors (Lipinski definition) is 4. The topological polar surface area (TPSA) is 59.9 Å². The summed E-state index contributed by atoms with van der Waals surface area (Å²) in [6.07, 6.45) is -9.62. The number of aliphatic imine (C=N–C) groups is 1. The molecule has 0 radical (unpaired) electrons. The number of ether oxygens (including phenoxy) is 2. The third-order valence-corrected chi connectivity index (χ3v) is 4.28. The van der Waals surface area contributed by atoms with E-state index in [1.165, 1.54) is 12.1 Å². The Bertz CT molecular complexity index is 867. The number of alkyl halides is 6. The SMILES string of the molecule is CC(C)(C)OC(=O)NCC1=C(OC(F)(F)F)C=NC(C)(c2ccc(C(F)(F)F)cc2)C1. The molecule has 1 aliphatic rings. The van der Waals surface area contributed by atoms with Crippen molar-refractivity contribution in [2.75, 3.05) is 6.54 Å². The quantitative estimate of drug-likeness (QED) is 0.596. The molecule has 0 spiro atoms. The molecule has 1 heterocycles. The minimum Gasteiger partial charge on any atom is -0.444 e. The normalized spacial score (nSPS) is 19.9. The summed E-state index contributed by atoms with van der Waals surface area (Å²) in [5.41, 5.74) is -2.42. The Kier molecular flexibility index (Phi) is 6.67. The average molecular weight is 452 g/mol. The van der Waals surface area contributed by atoms with Crippen molar-refractivity contribution in [3.8, 4) is 0 Å². The molecule has 0 fully saturated rings. The third-order valence-electron chi connectivity index (χ3n) is 4.28. The fourth-order valence-corrected chi connectivity index (χ4v) is 2.90. The van der Waals surface area contributed by atoms with Gasteiger partial charge in [-0.1, -0.05) is 12.1 Å². The Labute approximate surface area is 175 Å². The summed E-state index contributed by atoms with van der Waals surface area (Å²) in [6, 6.07) is 4.18. The predicted molar refractivity (Wildman–Crippen MR) is 100 cm³/mol. The van der Waals surface area contributed by atoms with E-state index < -0.39 is 41.1 Å². The van der Waals surface area contributed by atoms with E-state index in [2.05, 4.69) is 15.0 Å². The van der Waals surface area contributed by atoms with Gasteiger partial charge in [0.2, 0.25) is 0 Å². The lowest BCUT2D eigenvalue weighted by Crippen LogP contribution is -2.36. The number of amides is 1. The molecule has 1 atom stereocenters. The number of hydrogen-bond donors (Lipinski definition) is 1. The minimum absolute atomic E-state index is 0.0561. The number of alkyl carbamates (subject to hydrolysis) is 1. The molecule has 172 valence electrons. The predicted octanol–water partition coefficient (Wildman–Crippen LogP) is 5.71. The van der Waals surface area contributed by atoms with Gasteiger partial charge < -0.3 is 14.8 Å². The Morgan fingerprint density at radius 1 is 1.10 bits per heavy atom. The summed E-state index contributed by atoms with van der Waals surface area (Å²) in [5, 5.41) is 2.37. The van der Waals surface area contributed by atoms with E-state index in [0.717, 1.165) is 18.3 Å². The van der Waals surface area contributed by atoms with Gasteiger partial charge in [-0.3, -0.25) is 4.99 Å². The molecule has 1 unspecified atom stereocenters. The first kappa shape index (κ1) is 24.5. The van der Waals surface area contributed by atoms with E-state index in [4.69, 9.17) is 4.74 Å². The van der Waals surface area contributed by atoms with Crippen LogP contribution in [-0.2, 0) is 21.2 Å². The molecule has 1 amide bonds. The van der Waals surface area contributed by atoms with E-state index in [1.54, 1.807) is 27.7 Å². The van der Waals surface area contributed by atoms with E-state index in [1.807, 2.05) is 0 Å². The van der Waals surface area contributed by atoms with Gasteiger partial charge in [-0.05, 0) is 51.0 Å². The second-order valence-electron chi connectivity index (χ2n) is 8.15. The highest BCUT2D eigenvalue weighted by molar-refractivity contribution is 5.79. The molecule has 0 aromatic heterocycles. The maximum absolute atomic E-state index is 12.8. The van der Waals surface area contributed by atoms with Crippen LogP contribution < -0.4 is 5.32 Å². The number of carbonyl (C=O) groups excluding carboxylic acids is 1. The zero-order valence-corrected chi connectivity index (χ0v) is 17.2. The maximum Gasteiger partial charge on any atom is 0.573 e. The fourth-order valence-electron chi connectivity index (χ4n) is 2.90. The van der Waals surface area contributed by atoms with Gasteiger partial charge in [0.25, 0.3) is 0 Å². The zero-order valence-electron chi connectivity index (χ0n) is 17.2. The first-order valence-electron chi connectivity index (χ1n) is 9.16. The van der Waals surface area contributed by atoms with Crippen LogP contribution in [-0.4, -0.2) is 30.8 Å². The fraction of sp³-hybridized carbons (Fsp3) is 0.500. The number of allylic oxidation sites excluding steroid dienone is 1. The van der Waals surface area contributed by atoms with Gasteiger partial charge in [0.05, 0.1) is 17.3 Å². The number of nitrogens with zero attached hydrogens (tertiary/aromatic N) is 1. The number of nitrogens with one attached hydrogen (secondary N) is 1. The molecule has 1 aliphatic heterocycles. The van der Waals surface area contributed by atoms with Crippen molar-refractivity contribution in [3.05, 3.63) is 46.7 Å². The highest BCUT2D eigenvalue weighted by Crippen LogP contribution is 2.39. The van der Waals surface area contributed by atoms with Crippen LogP contribution in [0.3, 0.4) is 0 Å². The van der Waals surface area contributed by atoms with Crippen molar-refractivity contribution < 1.29 is 40.6 Å². The van der Waals surface area contributed by atoms with E-state index in [9.17, 15) is 31.1 Å². The van der Waals surface area contributed by atoms with Crippen molar-refractivity contribution in [1.29, 1.82) is 0 Å². The van der Waals surface area contributed by atoms with Crippen molar-refractivity contribution in [2.45, 2.75) is 57.8 Å². The number of benzene rings is 1. The van der Waals surface area contributed by atoms with Crippen molar-refractivity contribution >= 4 is 12.3 Å². The van der Waals surface area contributed by atoms with Crippen LogP contribution >= 0.6 is 0 Å². The lowest BCUT2D eigenvalue weighted by molar-refractivity contribution is -0.302. The smallest absolute Gasteiger partial charge is 0.444 e. The van der Waals surface area contributed by atoms with Crippen molar-refractivity contribution in [3.63, 3.8) is 0 Å². The largest absolute Gasteiger partial charge is 0.573 e. The van der Waals surface area contributed by atoms with Crippen molar-refractivity contribution in [2.24, 2.45) is 4.99 Å². The summed E-state index contributed by atoms with van der Waals surface area (Å²) in [6.45, 7) is 6.10. The van der Waals surface area contributed by atoms with Crippen LogP contribution in [0.2, 0.25) is 0 Å². The molecule has 31 heavy (non-hydrogen) atoms. The average Bonchev–Trinajstić information content (AvgIpc) is 2.59. The molecule has 1 aromatic carbocycles. The maximum atomic E-state index is 12.8. The Morgan fingerprint density at radius 2 is 1.68 bits per heavy atom. The van der Waals surface area contributed by atoms with Crippen LogP contribution in [0, 0.1) is 0 Å². The van der Waals surface area contributed by atoms with Gasteiger partial charge >= 0.3 is 18.6 Å². The zero-order chi connectivity index (χ0) is 23.7. The number of halogens is 6.